The van der Waals surface area contributed by atoms with Gasteiger partial charge in [0, 0.05) is 11.3 Å². The van der Waals surface area contributed by atoms with Gasteiger partial charge in [-0.15, -0.1) is 0 Å². The minimum atomic E-state index is -0.239. The molecule has 0 aliphatic heterocycles. The van der Waals surface area contributed by atoms with Crippen LogP contribution in [0.4, 0.5) is 0 Å². The van der Waals surface area contributed by atoms with Crippen LogP contribution < -0.4 is 11.3 Å². The lowest BCUT2D eigenvalue weighted by Gasteiger charge is -2.03. The van der Waals surface area contributed by atoms with Crippen molar-refractivity contribution in [2.24, 2.45) is 5.84 Å². The van der Waals surface area contributed by atoms with Crippen LogP contribution in [0.15, 0.2) is 24.3 Å². The first-order chi connectivity index (χ1) is 7.27. The number of nitrogen functional groups attached to an aromatic ring is 1. The van der Waals surface area contributed by atoms with E-state index in [9.17, 15) is 4.79 Å². The number of thioether (sulfide) groups is 1. The SMILES string of the molecule is CCCSCc1cccc(C(=O)NN)c1. The minimum Gasteiger partial charge on any atom is -0.290 e. The summed E-state index contributed by atoms with van der Waals surface area (Å²) in [6.07, 6.45) is 1.17. The summed E-state index contributed by atoms with van der Waals surface area (Å²) in [6, 6.07) is 7.55. The monoisotopic (exact) mass is 224 g/mol. The third kappa shape index (κ3) is 3.93. The Balaban J connectivity index is 2.62. The highest BCUT2D eigenvalue weighted by Gasteiger charge is 2.03. The van der Waals surface area contributed by atoms with Crippen LogP contribution in [-0.2, 0) is 5.75 Å². The van der Waals surface area contributed by atoms with Gasteiger partial charge in [-0.1, -0.05) is 19.1 Å². The number of hydrogen-bond acceptors (Lipinski definition) is 3. The Kier molecular flexibility index (Phi) is 5.21. The molecule has 1 aromatic carbocycles. The Morgan fingerprint density at radius 2 is 2.33 bits per heavy atom. The van der Waals surface area contributed by atoms with Crippen LogP contribution in [0.1, 0.15) is 29.3 Å². The molecule has 0 bridgehead atoms. The van der Waals surface area contributed by atoms with E-state index in [-0.39, 0.29) is 5.91 Å². The second-order valence-electron chi connectivity index (χ2n) is 3.23. The molecule has 0 radical (unpaired) electrons. The zero-order valence-electron chi connectivity index (χ0n) is 8.82. The molecule has 4 heteroatoms. The van der Waals surface area contributed by atoms with Gasteiger partial charge in [0.15, 0.2) is 0 Å². The molecule has 1 aromatic rings. The quantitative estimate of drug-likeness (QED) is 0.348. The third-order valence-electron chi connectivity index (χ3n) is 1.94. The molecule has 0 atom stereocenters. The topological polar surface area (TPSA) is 55.1 Å². The van der Waals surface area contributed by atoms with E-state index in [4.69, 9.17) is 5.84 Å². The molecule has 0 heterocycles. The fraction of sp³-hybridized carbons (Fsp3) is 0.364. The Hall–Kier alpha value is -1.00. The third-order valence-corrected chi connectivity index (χ3v) is 3.17. The van der Waals surface area contributed by atoms with Crippen LogP contribution in [0.5, 0.6) is 0 Å². The van der Waals surface area contributed by atoms with Crippen molar-refractivity contribution in [1.82, 2.24) is 5.43 Å². The molecule has 0 saturated heterocycles. The number of nitrogens with two attached hydrogens (primary N) is 1. The fourth-order valence-corrected chi connectivity index (χ4v) is 2.07. The number of rotatable bonds is 5. The predicted octanol–water partition coefficient (Wildman–Crippen LogP) is 1.93. The van der Waals surface area contributed by atoms with Gasteiger partial charge < -0.3 is 0 Å². The van der Waals surface area contributed by atoms with Crippen LogP contribution in [0, 0.1) is 0 Å². The van der Waals surface area contributed by atoms with Crippen molar-refractivity contribution in [3.8, 4) is 0 Å². The maximum absolute atomic E-state index is 11.3. The molecule has 0 aliphatic rings. The molecule has 0 aromatic heterocycles. The Morgan fingerprint density at radius 1 is 1.53 bits per heavy atom. The Bertz CT molecular complexity index is 328. The van der Waals surface area contributed by atoms with Crippen molar-refractivity contribution in [2.75, 3.05) is 5.75 Å². The fourth-order valence-electron chi connectivity index (χ4n) is 1.22. The van der Waals surface area contributed by atoms with Crippen molar-refractivity contribution >= 4 is 17.7 Å². The number of carbonyl (C=O) groups excluding carboxylic acids is 1. The van der Waals surface area contributed by atoms with Crippen LogP contribution in [0.2, 0.25) is 0 Å². The second-order valence-corrected chi connectivity index (χ2v) is 4.33. The molecule has 0 aliphatic carbocycles. The van der Waals surface area contributed by atoms with Gasteiger partial charge in [0.2, 0.25) is 0 Å². The predicted molar refractivity (Wildman–Crippen MR) is 64.5 cm³/mol. The first kappa shape index (κ1) is 12.1. The number of nitrogens with one attached hydrogen (secondary N) is 1. The van der Waals surface area contributed by atoms with Crippen molar-refractivity contribution < 1.29 is 4.79 Å². The molecule has 15 heavy (non-hydrogen) atoms. The van der Waals surface area contributed by atoms with Crippen molar-refractivity contribution in [3.05, 3.63) is 35.4 Å². The maximum Gasteiger partial charge on any atom is 0.265 e. The molecule has 0 unspecified atom stereocenters. The van der Waals surface area contributed by atoms with Crippen molar-refractivity contribution in [2.45, 2.75) is 19.1 Å². The van der Waals surface area contributed by atoms with E-state index in [2.05, 4.69) is 12.3 Å². The maximum atomic E-state index is 11.3. The van der Waals surface area contributed by atoms with E-state index in [1.165, 1.54) is 6.42 Å². The lowest BCUT2D eigenvalue weighted by molar-refractivity contribution is 0.0953. The summed E-state index contributed by atoms with van der Waals surface area (Å²) in [7, 11) is 0. The van der Waals surface area contributed by atoms with Gasteiger partial charge in [0.1, 0.15) is 0 Å². The van der Waals surface area contributed by atoms with Gasteiger partial charge in [0.25, 0.3) is 5.91 Å². The summed E-state index contributed by atoms with van der Waals surface area (Å²) in [5.74, 6) is 6.92. The minimum absolute atomic E-state index is 0.239. The highest BCUT2D eigenvalue weighted by Crippen LogP contribution is 2.14. The largest absolute Gasteiger partial charge is 0.290 e. The lowest BCUT2D eigenvalue weighted by Crippen LogP contribution is -2.29. The molecule has 0 fully saturated rings. The zero-order chi connectivity index (χ0) is 11.1. The molecule has 3 nitrogen and oxygen atoms in total. The molecular weight excluding hydrogens is 208 g/mol. The number of hydrogen-bond donors (Lipinski definition) is 2. The molecule has 82 valence electrons. The summed E-state index contributed by atoms with van der Waals surface area (Å²) < 4.78 is 0. The lowest BCUT2D eigenvalue weighted by atomic mass is 10.1. The van der Waals surface area contributed by atoms with E-state index in [1.54, 1.807) is 6.07 Å². The Morgan fingerprint density at radius 3 is 3.00 bits per heavy atom. The van der Waals surface area contributed by atoms with Crippen molar-refractivity contribution in [3.63, 3.8) is 0 Å². The van der Waals surface area contributed by atoms with E-state index in [0.717, 1.165) is 17.1 Å². The highest BCUT2D eigenvalue weighted by molar-refractivity contribution is 7.98. The summed E-state index contributed by atoms with van der Waals surface area (Å²) in [4.78, 5) is 11.3. The number of benzene rings is 1. The number of hydrazine groups is 1. The summed E-state index contributed by atoms with van der Waals surface area (Å²) in [5.41, 5.74) is 3.91. The first-order valence-electron chi connectivity index (χ1n) is 4.95. The zero-order valence-corrected chi connectivity index (χ0v) is 9.64. The standard InChI is InChI=1S/C11H16N2OS/c1-2-6-15-8-9-4-3-5-10(7-9)11(14)13-12/h3-5,7H,2,6,8,12H2,1H3,(H,13,14). The number of carbonyl (C=O) groups is 1. The smallest absolute Gasteiger partial charge is 0.265 e. The first-order valence-corrected chi connectivity index (χ1v) is 6.11. The van der Waals surface area contributed by atoms with Gasteiger partial charge >= 0.3 is 0 Å². The molecule has 1 rings (SSSR count). The average molecular weight is 224 g/mol. The van der Waals surface area contributed by atoms with E-state index in [0.29, 0.717) is 5.56 Å². The van der Waals surface area contributed by atoms with Crippen LogP contribution in [-0.4, -0.2) is 11.7 Å². The average Bonchev–Trinajstić information content (AvgIpc) is 2.29. The Labute approximate surface area is 94.4 Å². The molecule has 1 amide bonds. The van der Waals surface area contributed by atoms with E-state index in [1.807, 2.05) is 30.0 Å². The van der Waals surface area contributed by atoms with Gasteiger partial charge in [-0.3, -0.25) is 10.2 Å². The van der Waals surface area contributed by atoms with E-state index < -0.39 is 0 Å². The van der Waals surface area contributed by atoms with Crippen molar-refractivity contribution in [1.29, 1.82) is 0 Å². The van der Waals surface area contributed by atoms with Crippen LogP contribution in [0.3, 0.4) is 0 Å². The normalized spacial score (nSPS) is 10.0. The van der Waals surface area contributed by atoms with Gasteiger partial charge in [-0.25, -0.2) is 5.84 Å². The summed E-state index contributed by atoms with van der Waals surface area (Å²) in [6.45, 7) is 2.16. The van der Waals surface area contributed by atoms with Gasteiger partial charge in [-0.05, 0) is 29.9 Å². The molecule has 0 saturated carbocycles. The highest BCUT2D eigenvalue weighted by atomic mass is 32.2. The summed E-state index contributed by atoms with van der Waals surface area (Å²) in [5, 5.41) is 0. The van der Waals surface area contributed by atoms with Gasteiger partial charge in [-0.2, -0.15) is 11.8 Å². The molecular formula is C11H16N2OS. The van der Waals surface area contributed by atoms with Gasteiger partial charge in [0.05, 0.1) is 0 Å². The number of amides is 1. The molecule has 0 spiro atoms. The van der Waals surface area contributed by atoms with E-state index >= 15 is 0 Å². The second kappa shape index (κ2) is 6.48. The van der Waals surface area contributed by atoms with Crippen LogP contribution >= 0.6 is 11.8 Å². The summed E-state index contributed by atoms with van der Waals surface area (Å²) >= 11 is 1.87. The van der Waals surface area contributed by atoms with Crippen LogP contribution in [0.25, 0.3) is 0 Å². The molecule has 3 N–H and O–H groups in total.